The maximum Gasteiger partial charge on any atom is 0.326 e. The number of carboxylic acids is 6. The Morgan fingerprint density at radius 2 is 0.959 bits per heavy atom. The lowest BCUT2D eigenvalue weighted by Gasteiger charge is -2.34. The molecular weight excluding hydrogens is 656 g/mol. The minimum Gasteiger partial charge on any atom is -0.481 e. The van der Waals surface area contributed by atoms with Crippen LogP contribution in [0.25, 0.3) is 0 Å². The van der Waals surface area contributed by atoms with Crippen molar-refractivity contribution in [2.75, 3.05) is 78.5 Å². The zero-order valence-corrected chi connectivity index (χ0v) is 27.5. The van der Waals surface area contributed by atoms with Gasteiger partial charge in [0.05, 0.1) is 19.0 Å². The van der Waals surface area contributed by atoms with Gasteiger partial charge in [0, 0.05) is 78.2 Å². The molecule has 2 amide bonds. The van der Waals surface area contributed by atoms with E-state index in [0.29, 0.717) is 39.3 Å². The number of urea groups is 1. The number of carbonyl (C=O) groups is 8. The van der Waals surface area contributed by atoms with Gasteiger partial charge in [-0.3, -0.25) is 38.7 Å². The van der Waals surface area contributed by atoms with E-state index in [4.69, 9.17) is 5.11 Å². The molecule has 49 heavy (non-hydrogen) atoms. The number of nitrogens with one attached hydrogen (secondary N) is 2. The molecule has 1 aliphatic heterocycles. The van der Waals surface area contributed by atoms with Gasteiger partial charge in [0.1, 0.15) is 17.9 Å². The zero-order valence-electron chi connectivity index (χ0n) is 27.5. The van der Waals surface area contributed by atoms with Gasteiger partial charge >= 0.3 is 41.8 Å². The molecule has 20 heteroatoms. The van der Waals surface area contributed by atoms with Gasteiger partial charge in [-0.2, -0.15) is 0 Å². The van der Waals surface area contributed by atoms with Crippen molar-refractivity contribution in [2.24, 2.45) is 5.92 Å². The lowest BCUT2D eigenvalue weighted by Crippen LogP contribution is -2.51. The van der Waals surface area contributed by atoms with E-state index in [9.17, 15) is 63.9 Å². The topological polar surface area (TPSA) is 295 Å². The molecule has 20 nitrogen and oxygen atoms in total. The van der Waals surface area contributed by atoms with Crippen LogP contribution >= 0.6 is 0 Å². The van der Waals surface area contributed by atoms with Crippen LogP contribution in [-0.4, -0.2) is 188 Å². The van der Waals surface area contributed by atoms with Crippen LogP contribution in [0.2, 0.25) is 0 Å². The van der Waals surface area contributed by atoms with Crippen LogP contribution in [0.4, 0.5) is 4.79 Å². The molecule has 0 aromatic rings. The number of hydrogen-bond donors (Lipinski definition) is 8. The second-order valence-corrected chi connectivity index (χ2v) is 11.7. The third-order valence-electron chi connectivity index (χ3n) is 7.96. The minimum atomic E-state index is -1.64. The fourth-order valence-electron chi connectivity index (χ4n) is 5.14. The Morgan fingerprint density at radius 1 is 0.551 bits per heavy atom. The molecule has 0 unspecified atom stereocenters. The van der Waals surface area contributed by atoms with E-state index < -0.39 is 97.7 Å². The summed E-state index contributed by atoms with van der Waals surface area (Å²) in [4.78, 5) is 101. The Balaban J connectivity index is 2.92. The van der Waals surface area contributed by atoms with Gasteiger partial charge in [-0.15, -0.1) is 0 Å². The molecule has 1 saturated heterocycles. The molecule has 278 valence electrons. The first-order chi connectivity index (χ1) is 23.0. The standard InChI is InChI=1S/C29H48N6O14/c1-2-32-7-9-33(11-12-35(18-25(41)42)14-13-34(10-8-32)17-24(39)40)16-19(26(43)44)15-20(36)3-4-21(27(45)46)30-29(49)31-22(28(47)48)5-6-23(37)38/h19,21-22H,2-18H2,1H3,(H,37,38)(H,39,40)(H,41,42)(H,43,44)(H,45,46)(H,47,48)(H2,30,31,49)/t19-,21-,22-/m0/s1. The molecule has 0 aliphatic carbocycles. The summed E-state index contributed by atoms with van der Waals surface area (Å²) in [6, 6.07) is -4.45. The molecule has 3 atom stereocenters. The molecule has 1 heterocycles. The van der Waals surface area contributed by atoms with Crippen molar-refractivity contribution in [1.82, 2.24) is 30.2 Å². The van der Waals surface area contributed by atoms with Crippen molar-refractivity contribution in [3.8, 4) is 0 Å². The van der Waals surface area contributed by atoms with Crippen LogP contribution in [0, 0.1) is 5.92 Å². The van der Waals surface area contributed by atoms with Gasteiger partial charge in [0.2, 0.25) is 0 Å². The monoisotopic (exact) mass is 704 g/mol. The number of amides is 2. The third-order valence-corrected chi connectivity index (χ3v) is 7.96. The number of hydrogen-bond acceptors (Lipinski definition) is 12. The smallest absolute Gasteiger partial charge is 0.326 e. The van der Waals surface area contributed by atoms with Gasteiger partial charge < -0.3 is 46.2 Å². The fourth-order valence-corrected chi connectivity index (χ4v) is 5.14. The van der Waals surface area contributed by atoms with Gasteiger partial charge in [-0.05, 0) is 19.4 Å². The highest BCUT2D eigenvalue weighted by Gasteiger charge is 2.29. The summed E-state index contributed by atoms with van der Waals surface area (Å²) in [6.07, 6.45) is -2.34. The number of carbonyl (C=O) groups excluding carboxylic acids is 2. The first-order valence-electron chi connectivity index (χ1n) is 15.8. The summed E-state index contributed by atoms with van der Waals surface area (Å²) in [5.41, 5.74) is 0. The molecule has 0 radical (unpaired) electrons. The molecule has 1 rings (SSSR count). The predicted octanol–water partition coefficient (Wildman–Crippen LogP) is -2.09. The van der Waals surface area contributed by atoms with Crippen molar-refractivity contribution in [3.63, 3.8) is 0 Å². The Kier molecular flexibility index (Phi) is 19.4. The van der Waals surface area contributed by atoms with Gasteiger partial charge in [-0.1, -0.05) is 6.92 Å². The number of aliphatic carboxylic acids is 6. The second-order valence-electron chi connectivity index (χ2n) is 11.7. The van der Waals surface area contributed by atoms with E-state index in [1.165, 1.54) is 0 Å². The molecule has 0 aromatic carbocycles. The maximum atomic E-state index is 12.8. The van der Waals surface area contributed by atoms with Crippen LogP contribution in [0.1, 0.15) is 39.0 Å². The Labute approximate surface area is 282 Å². The number of ketones is 1. The third kappa shape index (κ3) is 18.7. The van der Waals surface area contributed by atoms with Crippen molar-refractivity contribution >= 4 is 47.6 Å². The molecule has 8 N–H and O–H groups in total. The number of likely N-dealkylation sites (N-methyl/N-ethyl adjacent to an activating group) is 1. The van der Waals surface area contributed by atoms with Gasteiger partial charge in [0.25, 0.3) is 0 Å². The molecule has 0 saturated carbocycles. The van der Waals surface area contributed by atoms with Crippen molar-refractivity contribution in [1.29, 1.82) is 0 Å². The lowest BCUT2D eigenvalue weighted by molar-refractivity contribution is -0.145. The summed E-state index contributed by atoms with van der Waals surface area (Å²) < 4.78 is 0. The summed E-state index contributed by atoms with van der Waals surface area (Å²) in [5.74, 6) is -9.51. The van der Waals surface area contributed by atoms with E-state index in [0.717, 1.165) is 0 Å². The van der Waals surface area contributed by atoms with Crippen LogP contribution in [-0.2, 0) is 33.6 Å². The summed E-state index contributed by atoms with van der Waals surface area (Å²) in [5, 5.41) is 60.1. The molecule has 0 spiro atoms. The Bertz CT molecular complexity index is 1170. The minimum absolute atomic E-state index is 0.0688. The largest absolute Gasteiger partial charge is 0.481 e. The van der Waals surface area contributed by atoms with Crippen LogP contribution in [0.3, 0.4) is 0 Å². The van der Waals surface area contributed by atoms with Crippen LogP contribution < -0.4 is 10.6 Å². The number of nitrogens with zero attached hydrogens (tertiary/aromatic N) is 4. The first-order valence-corrected chi connectivity index (χ1v) is 15.8. The van der Waals surface area contributed by atoms with E-state index >= 15 is 0 Å². The van der Waals surface area contributed by atoms with Crippen molar-refractivity contribution in [2.45, 2.75) is 51.1 Å². The molecule has 0 aromatic heterocycles. The van der Waals surface area contributed by atoms with Gasteiger partial charge in [0.15, 0.2) is 0 Å². The summed E-state index contributed by atoms with van der Waals surface area (Å²) in [7, 11) is 0. The molecule has 1 aliphatic rings. The predicted molar refractivity (Wildman–Crippen MR) is 168 cm³/mol. The Morgan fingerprint density at radius 3 is 1.33 bits per heavy atom. The van der Waals surface area contributed by atoms with Crippen molar-refractivity contribution < 1.29 is 69.0 Å². The molecular formula is C29H48N6O14. The normalized spacial score (nSPS) is 17.7. The van der Waals surface area contributed by atoms with E-state index in [1.807, 2.05) is 22.5 Å². The maximum absolute atomic E-state index is 12.8. The van der Waals surface area contributed by atoms with E-state index in [2.05, 4.69) is 4.90 Å². The van der Waals surface area contributed by atoms with Crippen LogP contribution in [0.15, 0.2) is 0 Å². The highest BCUT2D eigenvalue weighted by Crippen LogP contribution is 2.13. The molecule has 1 fully saturated rings. The van der Waals surface area contributed by atoms with Gasteiger partial charge in [-0.25, -0.2) is 14.4 Å². The lowest BCUT2D eigenvalue weighted by atomic mass is 9.98. The quantitative estimate of drug-likeness (QED) is 0.0674. The molecule has 0 bridgehead atoms. The van der Waals surface area contributed by atoms with E-state index in [-0.39, 0.29) is 39.3 Å². The fraction of sp³-hybridized carbons (Fsp3) is 0.724. The van der Waals surface area contributed by atoms with E-state index in [1.54, 1.807) is 9.80 Å². The summed E-state index contributed by atoms with van der Waals surface area (Å²) in [6.45, 7) is 4.84. The number of rotatable bonds is 20. The number of Topliss-reactive ketones (excluding diaryl/α,β-unsaturated/α-hetero) is 1. The SMILES string of the molecule is CCN1CCN(CC(=O)O)CCN(CC(=O)O)CCN(C[C@H](CC(=O)CC[C@H](NC(=O)N[C@@H](CCC(=O)O)C(=O)O)C(=O)O)C(=O)O)CC1. The summed E-state index contributed by atoms with van der Waals surface area (Å²) >= 11 is 0. The average molecular weight is 705 g/mol. The highest BCUT2D eigenvalue weighted by molar-refractivity contribution is 5.87. The zero-order chi connectivity index (χ0) is 37.1. The highest BCUT2D eigenvalue weighted by atomic mass is 16.4. The average Bonchev–Trinajstić information content (AvgIpc) is 2.99. The Hall–Kier alpha value is -4.40. The first kappa shape index (κ1) is 42.6. The number of carboxylic acid groups (broad SMARTS) is 6. The van der Waals surface area contributed by atoms with Crippen LogP contribution in [0.5, 0.6) is 0 Å². The second kappa shape index (κ2) is 22.3. The van der Waals surface area contributed by atoms with Crippen molar-refractivity contribution in [3.05, 3.63) is 0 Å².